The molecule has 6 heteroatoms. The van der Waals surface area contributed by atoms with E-state index in [0.29, 0.717) is 24.2 Å². The fourth-order valence-electron chi connectivity index (χ4n) is 3.76. The monoisotopic (exact) mass is 357 g/mol. The predicted molar refractivity (Wildman–Crippen MR) is 98.9 cm³/mol. The number of imide groups is 1. The normalized spacial score (nSPS) is 20.3. The molecular weight excluding hydrogens is 330 g/mol. The lowest BCUT2D eigenvalue weighted by molar-refractivity contribution is -0.138. The number of nitrogens with zero attached hydrogens (tertiary/aromatic N) is 3. The van der Waals surface area contributed by atoms with Crippen LogP contribution < -0.4 is 0 Å². The SMILES string of the molecule is CCC(C)C(C(=O)N1CCN(CC)CC1)N1C(=O)c2ccccc2C1=O. The Hall–Kier alpha value is -2.21. The smallest absolute Gasteiger partial charge is 0.262 e. The van der Waals surface area contributed by atoms with Gasteiger partial charge in [0.05, 0.1) is 11.1 Å². The molecule has 0 aliphatic carbocycles. The highest BCUT2D eigenvalue weighted by Crippen LogP contribution is 2.29. The van der Waals surface area contributed by atoms with Gasteiger partial charge in [0, 0.05) is 26.2 Å². The van der Waals surface area contributed by atoms with Crippen molar-refractivity contribution in [2.24, 2.45) is 5.92 Å². The molecular formula is C20H27N3O3. The highest BCUT2D eigenvalue weighted by Gasteiger charge is 2.45. The van der Waals surface area contributed by atoms with Crippen molar-refractivity contribution in [1.29, 1.82) is 0 Å². The van der Waals surface area contributed by atoms with E-state index in [-0.39, 0.29) is 23.6 Å². The van der Waals surface area contributed by atoms with Gasteiger partial charge in [0.25, 0.3) is 11.8 Å². The zero-order valence-corrected chi connectivity index (χ0v) is 15.8. The molecule has 2 aliphatic heterocycles. The first-order chi connectivity index (χ1) is 12.5. The van der Waals surface area contributed by atoms with Crippen molar-refractivity contribution in [3.63, 3.8) is 0 Å². The number of likely N-dealkylation sites (N-methyl/N-ethyl adjacent to an activating group) is 1. The predicted octanol–water partition coefficient (Wildman–Crippen LogP) is 1.86. The lowest BCUT2D eigenvalue weighted by Gasteiger charge is -2.39. The molecule has 2 aliphatic rings. The van der Waals surface area contributed by atoms with E-state index in [1.54, 1.807) is 24.3 Å². The number of hydrogen-bond donors (Lipinski definition) is 0. The number of hydrogen-bond acceptors (Lipinski definition) is 4. The van der Waals surface area contributed by atoms with Crippen LogP contribution in [0.1, 0.15) is 47.9 Å². The molecule has 26 heavy (non-hydrogen) atoms. The summed E-state index contributed by atoms with van der Waals surface area (Å²) in [6.07, 6.45) is 0.721. The third-order valence-corrected chi connectivity index (χ3v) is 5.67. The number of rotatable bonds is 5. The zero-order valence-electron chi connectivity index (χ0n) is 15.8. The molecule has 140 valence electrons. The molecule has 0 N–H and O–H groups in total. The average molecular weight is 357 g/mol. The molecule has 1 aromatic rings. The molecule has 0 saturated carbocycles. The van der Waals surface area contributed by atoms with E-state index in [0.717, 1.165) is 26.1 Å². The fraction of sp³-hybridized carbons (Fsp3) is 0.550. The minimum absolute atomic E-state index is 0.0890. The first kappa shape index (κ1) is 18.6. The molecule has 1 aromatic carbocycles. The molecule has 0 radical (unpaired) electrons. The minimum Gasteiger partial charge on any atom is -0.338 e. The summed E-state index contributed by atoms with van der Waals surface area (Å²) >= 11 is 0. The molecule has 0 aromatic heterocycles. The van der Waals surface area contributed by atoms with E-state index in [1.165, 1.54) is 4.90 Å². The fourth-order valence-corrected chi connectivity index (χ4v) is 3.76. The highest BCUT2D eigenvalue weighted by molar-refractivity contribution is 6.22. The van der Waals surface area contributed by atoms with Gasteiger partial charge in [-0.2, -0.15) is 0 Å². The van der Waals surface area contributed by atoms with Crippen molar-refractivity contribution in [2.45, 2.75) is 33.2 Å². The van der Waals surface area contributed by atoms with Crippen LogP contribution >= 0.6 is 0 Å². The van der Waals surface area contributed by atoms with Gasteiger partial charge in [-0.05, 0) is 24.6 Å². The van der Waals surface area contributed by atoms with Crippen LogP contribution in [0.15, 0.2) is 24.3 Å². The second-order valence-electron chi connectivity index (χ2n) is 7.12. The van der Waals surface area contributed by atoms with Gasteiger partial charge in [-0.15, -0.1) is 0 Å². The zero-order chi connectivity index (χ0) is 18.8. The van der Waals surface area contributed by atoms with Crippen molar-refractivity contribution in [2.75, 3.05) is 32.7 Å². The molecule has 1 fully saturated rings. The van der Waals surface area contributed by atoms with Crippen molar-refractivity contribution >= 4 is 17.7 Å². The molecule has 1 saturated heterocycles. The number of carbonyl (C=O) groups is 3. The Balaban J connectivity index is 1.87. The summed E-state index contributed by atoms with van der Waals surface area (Å²) in [5.41, 5.74) is 0.795. The molecule has 3 rings (SSSR count). The van der Waals surface area contributed by atoms with Gasteiger partial charge in [0.2, 0.25) is 5.91 Å². The largest absolute Gasteiger partial charge is 0.338 e. The van der Waals surface area contributed by atoms with Crippen molar-refractivity contribution in [3.8, 4) is 0 Å². The summed E-state index contributed by atoms with van der Waals surface area (Å²) in [6, 6.07) is 6.08. The summed E-state index contributed by atoms with van der Waals surface area (Å²) in [7, 11) is 0. The average Bonchev–Trinajstić information content (AvgIpc) is 2.93. The number of piperazine rings is 1. The van der Waals surface area contributed by atoms with Gasteiger partial charge in [-0.25, -0.2) is 0 Å². The van der Waals surface area contributed by atoms with Crippen LogP contribution in [-0.4, -0.2) is 71.2 Å². The van der Waals surface area contributed by atoms with Crippen LogP contribution in [0, 0.1) is 5.92 Å². The summed E-state index contributed by atoms with van der Waals surface area (Å²) < 4.78 is 0. The van der Waals surface area contributed by atoms with Crippen molar-refractivity contribution in [3.05, 3.63) is 35.4 Å². The second-order valence-corrected chi connectivity index (χ2v) is 7.12. The number of benzene rings is 1. The first-order valence-electron chi connectivity index (χ1n) is 9.47. The molecule has 2 atom stereocenters. The van der Waals surface area contributed by atoms with Gasteiger partial charge in [0.15, 0.2) is 0 Å². The number of amides is 3. The summed E-state index contributed by atoms with van der Waals surface area (Å²) in [5, 5.41) is 0. The van der Waals surface area contributed by atoms with E-state index >= 15 is 0 Å². The van der Waals surface area contributed by atoms with Crippen LogP contribution in [-0.2, 0) is 4.79 Å². The Morgan fingerprint density at radius 1 is 1.00 bits per heavy atom. The number of fused-ring (bicyclic) bond motifs is 1. The molecule has 0 bridgehead atoms. The van der Waals surface area contributed by atoms with E-state index < -0.39 is 6.04 Å². The van der Waals surface area contributed by atoms with Gasteiger partial charge in [-0.1, -0.05) is 39.3 Å². The van der Waals surface area contributed by atoms with Crippen LogP contribution in [0.2, 0.25) is 0 Å². The van der Waals surface area contributed by atoms with Gasteiger partial charge in [-0.3, -0.25) is 19.3 Å². The maximum absolute atomic E-state index is 13.3. The second kappa shape index (κ2) is 7.58. The Morgan fingerprint density at radius 3 is 2.00 bits per heavy atom. The van der Waals surface area contributed by atoms with Crippen LogP contribution in [0.3, 0.4) is 0 Å². The quantitative estimate of drug-likeness (QED) is 0.755. The molecule has 2 unspecified atom stereocenters. The van der Waals surface area contributed by atoms with Crippen LogP contribution in [0.4, 0.5) is 0 Å². The van der Waals surface area contributed by atoms with Gasteiger partial charge in [0.1, 0.15) is 6.04 Å². The molecule has 3 amide bonds. The van der Waals surface area contributed by atoms with E-state index in [1.807, 2.05) is 18.7 Å². The molecule has 0 spiro atoms. The van der Waals surface area contributed by atoms with Crippen molar-refractivity contribution < 1.29 is 14.4 Å². The van der Waals surface area contributed by atoms with E-state index in [9.17, 15) is 14.4 Å². The van der Waals surface area contributed by atoms with Gasteiger partial charge >= 0.3 is 0 Å². The summed E-state index contributed by atoms with van der Waals surface area (Å²) in [5.74, 6) is -0.897. The lowest BCUT2D eigenvalue weighted by atomic mass is 9.95. The number of carbonyl (C=O) groups excluding carboxylic acids is 3. The topological polar surface area (TPSA) is 60.9 Å². The molecule has 2 heterocycles. The Morgan fingerprint density at radius 2 is 1.54 bits per heavy atom. The Kier molecular flexibility index (Phi) is 5.41. The van der Waals surface area contributed by atoms with E-state index in [2.05, 4.69) is 11.8 Å². The summed E-state index contributed by atoms with van der Waals surface area (Å²) in [4.78, 5) is 44.4. The first-order valence-corrected chi connectivity index (χ1v) is 9.47. The standard InChI is InChI=1S/C20H27N3O3/c1-4-14(3)17(20(26)22-12-10-21(5-2)11-13-22)23-18(24)15-8-6-7-9-16(15)19(23)25/h6-9,14,17H,4-5,10-13H2,1-3H3. The van der Waals surface area contributed by atoms with Crippen LogP contribution in [0.25, 0.3) is 0 Å². The summed E-state index contributed by atoms with van der Waals surface area (Å²) in [6.45, 7) is 9.95. The Bertz CT molecular complexity index is 675. The van der Waals surface area contributed by atoms with Crippen molar-refractivity contribution in [1.82, 2.24) is 14.7 Å². The molecule has 6 nitrogen and oxygen atoms in total. The maximum atomic E-state index is 13.3. The Labute approximate surface area is 154 Å². The highest BCUT2D eigenvalue weighted by atomic mass is 16.2. The van der Waals surface area contributed by atoms with E-state index in [4.69, 9.17) is 0 Å². The minimum atomic E-state index is -0.736. The van der Waals surface area contributed by atoms with Crippen LogP contribution in [0.5, 0.6) is 0 Å². The van der Waals surface area contributed by atoms with Gasteiger partial charge < -0.3 is 9.80 Å². The third kappa shape index (κ3) is 3.14. The lowest BCUT2D eigenvalue weighted by Crippen LogP contribution is -2.57. The third-order valence-electron chi connectivity index (χ3n) is 5.67. The maximum Gasteiger partial charge on any atom is 0.262 e.